The Morgan fingerprint density at radius 3 is 1.84 bits per heavy atom. The minimum Gasteiger partial charge on any atom is -0.460 e. The van der Waals surface area contributed by atoms with E-state index in [1.54, 1.807) is 20.8 Å². The fourth-order valence-electron chi connectivity index (χ4n) is 3.07. The number of carbonyl (C=O) groups is 1. The average Bonchev–Trinajstić information content (AvgIpc) is 3.02. The molecule has 1 fully saturated rings. The van der Waals surface area contributed by atoms with E-state index in [0.29, 0.717) is 0 Å². The lowest BCUT2D eigenvalue weighted by Gasteiger charge is -2.12. The van der Waals surface area contributed by atoms with Crippen molar-refractivity contribution in [3.8, 4) is 6.07 Å². The van der Waals surface area contributed by atoms with Crippen LogP contribution in [0.2, 0.25) is 0 Å². The number of nitriles is 1. The Balaban J connectivity index is 2.23. The number of hydrogen-bond donors (Lipinski definition) is 0. The topological polar surface area (TPSA) is 59.3 Å². The zero-order chi connectivity index (χ0) is 19.2. The molecule has 2 rings (SSSR count). The van der Waals surface area contributed by atoms with Gasteiger partial charge in [0.25, 0.3) is 0 Å². The van der Waals surface area contributed by atoms with Gasteiger partial charge in [-0.25, -0.2) is 17.6 Å². The second kappa shape index (κ2) is 6.30. The summed E-state index contributed by atoms with van der Waals surface area (Å²) < 4.78 is 65.0. The van der Waals surface area contributed by atoms with Gasteiger partial charge in [-0.3, -0.25) is 4.79 Å². The van der Waals surface area contributed by atoms with Crippen LogP contribution in [0.4, 0.5) is 17.6 Å². The van der Waals surface area contributed by atoms with Crippen molar-refractivity contribution in [1.29, 1.82) is 5.26 Å². The van der Waals surface area contributed by atoms with Crippen LogP contribution in [0.5, 0.6) is 0 Å². The number of esters is 1. The molecular weight excluding hydrogens is 342 g/mol. The van der Waals surface area contributed by atoms with E-state index >= 15 is 0 Å². The Morgan fingerprint density at radius 2 is 1.48 bits per heavy atom. The molecule has 1 aliphatic rings. The highest BCUT2D eigenvalue weighted by atomic mass is 19.2. The Labute approximate surface area is 142 Å². The number of carbonyl (C=O) groups excluding carboxylic acids is 1. The van der Waals surface area contributed by atoms with Gasteiger partial charge in [0.05, 0.1) is 35.1 Å². The number of hydrogen-bond acceptors (Lipinski definition) is 4. The third-order valence-corrected chi connectivity index (χ3v) is 5.11. The molecule has 1 saturated carbocycles. The van der Waals surface area contributed by atoms with Gasteiger partial charge in [-0.2, -0.15) is 5.26 Å². The molecular formula is C17H17F4NO3. The van der Waals surface area contributed by atoms with Crippen LogP contribution < -0.4 is 0 Å². The molecule has 1 aliphatic carbocycles. The van der Waals surface area contributed by atoms with Crippen LogP contribution >= 0.6 is 0 Å². The van der Waals surface area contributed by atoms with Gasteiger partial charge in [0.15, 0.2) is 23.3 Å². The molecule has 25 heavy (non-hydrogen) atoms. The van der Waals surface area contributed by atoms with Crippen LogP contribution in [-0.4, -0.2) is 13.1 Å². The van der Waals surface area contributed by atoms with E-state index < -0.39 is 70.3 Å². The average molecular weight is 359 g/mol. The maximum absolute atomic E-state index is 14.0. The Bertz CT molecular complexity index is 743. The van der Waals surface area contributed by atoms with E-state index in [4.69, 9.17) is 10.00 Å². The zero-order valence-electron chi connectivity index (χ0n) is 14.2. The van der Waals surface area contributed by atoms with Crippen LogP contribution in [0.3, 0.4) is 0 Å². The van der Waals surface area contributed by atoms with Crippen LogP contribution in [-0.2, 0) is 27.5 Å². The van der Waals surface area contributed by atoms with E-state index in [9.17, 15) is 22.4 Å². The standard InChI is InChI=1S/C17H17F4NO3/c1-16(2)14(17(16,3)7-22)15(23)25-6-9-12(20)10(18)8(5-24-4)11(19)13(9)21/h14H,5-6H2,1-4H3/t14-,17-/m1/s1. The number of rotatable bonds is 5. The summed E-state index contributed by atoms with van der Waals surface area (Å²) in [5.41, 5.74) is -3.55. The lowest BCUT2D eigenvalue weighted by atomic mass is 10.0. The minimum absolute atomic E-state index is 0.650. The van der Waals surface area contributed by atoms with Crippen LogP contribution in [0.25, 0.3) is 0 Å². The molecule has 0 bridgehead atoms. The first-order chi connectivity index (χ1) is 11.5. The summed E-state index contributed by atoms with van der Waals surface area (Å²) in [4.78, 5) is 12.1. The number of ether oxygens (including phenoxy) is 2. The molecule has 136 valence electrons. The molecule has 0 spiro atoms. The van der Waals surface area contributed by atoms with E-state index in [0.717, 1.165) is 7.11 Å². The summed E-state index contributed by atoms with van der Waals surface area (Å²) in [6.45, 7) is 3.30. The summed E-state index contributed by atoms with van der Waals surface area (Å²) in [6, 6.07) is 2.01. The van der Waals surface area contributed by atoms with Crippen molar-refractivity contribution in [3.63, 3.8) is 0 Å². The molecule has 0 saturated heterocycles. The van der Waals surface area contributed by atoms with Gasteiger partial charge in [0.2, 0.25) is 0 Å². The highest BCUT2D eigenvalue weighted by molar-refractivity contribution is 5.80. The van der Waals surface area contributed by atoms with Crippen LogP contribution in [0.1, 0.15) is 31.9 Å². The summed E-state index contributed by atoms with van der Waals surface area (Å²) in [6.07, 6.45) is 0. The third kappa shape index (κ3) is 2.76. The first-order valence-electron chi connectivity index (χ1n) is 7.45. The number of benzene rings is 1. The van der Waals surface area contributed by atoms with Crippen molar-refractivity contribution in [2.45, 2.75) is 34.0 Å². The first kappa shape index (κ1) is 19.2. The van der Waals surface area contributed by atoms with Gasteiger partial charge in [-0.05, 0) is 12.3 Å². The van der Waals surface area contributed by atoms with Gasteiger partial charge < -0.3 is 9.47 Å². The molecule has 4 nitrogen and oxygen atoms in total. The summed E-state index contributed by atoms with van der Waals surface area (Å²) in [7, 11) is 1.12. The molecule has 0 unspecified atom stereocenters. The molecule has 0 amide bonds. The van der Waals surface area contributed by atoms with Crippen molar-refractivity contribution in [1.82, 2.24) is 0 Å². The maximum Gasteiger partial charge on any atom is 0.311 e. The number of nitrogens with zero attached hydrogens (tertiary/aromatic N) is 1. The third-order valence-electron chi connectivity index (χ3n) is 5.11. The predicted octanol–water partition coefficient (Wildman–Crippen LogP) is 3.62. The Kier molecular flexibility index (Phi) is 4.83. The fraction of sp³-hybridized carbons (Fsp3) is 0.529. The summed E-state index contributed by atoms with van der Waals surface area (Å²) >= 11 is 0. The van der Waals surface area contributed by atoms with Crippen LogP contribution in [0, 0.1) is 51.3 Å². The summed E-state index contributed by atoms with van der Waals surface area (Å²) in [5.74, 6) is -8.12. The first-order valence-corrected chi connectivity index (χ1v) is 7.45. The van der Waals surface area contributed by atoms with E-state index in [1.165, 1.54) is 0 Å². The fourth-order valence-corrected chi connectivity index (χ4v) is 3.07. The van der Waals surface area contributed by atoms with Crippen molar-refractivity contribution >= 4 is 5.97 Å². The van der Waals surface area contributed by atoms with Gasteiger partial charge >= 0.3 is 5.97 Å². The zero-order valence-corrected chi connectivity index (χ0v) is 14.2. The molecule has 0 aliphatic heterocycles. The van der Waals surface area contributed by atoms with E-state index in [1.807, 2.05) is 6.07 Å². The molecule has 0 radical (unpaired) electrons. The van der Waals surface area contributed by atoms with Gasteiger partial charge in [-0.15, -0.1) is 0 Å². The van der Waals surface area contributed by atoms with Crippen molar-refractivity contribution < 1.29 is 31.8 Å². The monoisotopic (exact) mass is 359 g/mol. The van der Waals surface area contributed by atoms with Crippen molar-refractivity contribution in [3.05, 3.63) is 34.4 Å². The number of halogens is 4. The quantitative estimate of drug-likeness (QED) is 0.458. The Morgan fingerprint density at radius 1 is 1.04 bits per heavy atom. The largest absolute Gasteiger partial charge is 0.460 e. The minimum atomic E-state index is -1.64. The lowest BCUT2D eigenvalue weighted by Crippen LogP contribution is -2.15. The van der Waals surface area contributed by atoms with Crippen LogP contribution in [0.15, 0.2) is 0 Å². The van der Waals surface area contributed by atoms with Crippen molar-refractivity contribution in [2.24, 2.45) is 16.7 Å². The smallest absolute Gasteiger partial charge is 0.311 e. The Hall–Kier alpha value is -2.14. The highest BCUT2D eigenvalue weighted by Crippen LogP contribution is 2.68. The maximum atomic E-state index is 14.0. The second-order valence-corrected chi connectivity index (χ2v) is 6.72. The second-order valence-electron chi connectivity index (χ2n) is 6.72. The molecule has 0 N–H and O–H groups in total. The molecule has 8 heteroatoms. The van der Waals surface area contributed by atoms with E-state index in [-0.39, 0.29) is 0 Å². The molecule has 2 atom stereocenters. The van der Waals surface area contributed by atoms with Gasteiger partial charge in [0, 0.05) is 7.11 Å². The number of methoxy groups -OCH3 is 1. The molecule has 0 heterocycles. The normalized spacial score (nSPS) is 23.9. The highest BCUT2D eigenvalue weighted by Gasteiger charge is 2.73. The van der Waals surface area contributed by atoms with E-state index in [2.05, 4.69) is 4.74 Å². The SMILES string of the molecule is COCc1c(F)c(F)c(COC(=O)[C@@H]2C(C)(C)[C@]2(C)C#N)c(F)c1F. The van der Waals surface area contributed by atoms with Gasteiger partial charge in [0.1, 0.15) is 6.61 Å². The van der Waals surface area contributed by atoms with Gasteiger partial charge in [-0.1, -0.05) is 13.8 Å². The molecule has 1 aromatic rings. The summed E-state index contributed by atoms with van der Waals surface area (Å²) in [5, 5.41) is 9.16. The predicted molar refractivity (Wildman–Crippen MR) is 77.8 cm³/mol. The molecule has 0 aromatic heterocycles. The van der Waals surface area contributed by atoms with Crippen molar-refractivity contribution in [2.75, 3.05) is 7.11 Å². The molecule has 1 aromatic carbocycles. The lowest BCUT2D eigenvalue weighted by molar-refractivity contribution is -0.148.